The zero-order valence-corrected chi connectivity index (χ0v) is 17.4. The molecule has 0 aliphatic carbocycles. The summed E-state index contributed by atoms with van der Waals surface area (Å²) in [5, 5.41) is 2.34. The molecule has 3 aromatic carbocycles. The van der Waals surface area contributed by atoms with E-state index < -0.39 is 7.12 Å². The Labute approximate surface area is 176 Å². The normalized spacial score (nSPS) is 14.9. The molecule has 4 aromatic rings. The third-order valence-corrected chi connectivity index (χ3v) is 5.99. The van der Waals surface area contributed by atoms with Gasteiger partial charge in [-0.1, -0.05) is 66.7 Å². The number of benzene rings is 3. The first-order chi connectivity index (χ1) is 14.6. The van der Waals surface area contributed by atoms with Gasteiger partial charge in [0.05, 0.1) is 22.4 Å². The van der Waals surface area contributed by atoms with Gasteiger partial charge in [-0.3, -0.25) is 0 Å². The number of aryl methyl sites for hydroxylation is 1. The molecule has 1 aliphatic rings. The molecule has 2 nitrogen and oxygen atoms in total. The number of fused-ring (bicyclic) bond motifs is 2. The molecule has 0 amide bonds. The van der Waals surface area contributed by atoms with Crippen LogP contribution < -0.4 is 0 Å². The lowest BCUT2D eigenvalue weighted by molar-refractivity contribution is -0.282. The predicted molar refractivity (Wildman–Crippen MR) is 125 cm³/mol. The highest BCUT2D eigenvalue weighted by molar-refractivity contribution is 6.43. The van der Waals surface area contributed by atoms with Gasteiger partial charge in [0.25, 0.3) is 0 Å². The molecule has 2 heterocycles. The topological polar surface area (TPSA) is 18.8 Å². The van der Waals surface area contributed by atoms with Crippen molar-refractivity contribution < 1.29 is 8.80 Å². The number of nitrogens with zero attached hydrogens (tertiary/aromatic N) is 1. The molecular weight excluding hydrogens is 370 g/mol. The third-order valence-electron chi connectivity index (χ3n) is 5.99. The van der Waals surface area contributed by atoms with E-state index in [4.69, 9.17) is 0 Å². The lowest BCUT2D eigenvalue weighted by Gasteiger charge is -2.12. The molecule has 0 atom stereocenters. The van der Waals surface area contributed by atoms with E-state index in [9.17, 15) is 0 Å². The summed E-state index contributed by atoms with van der Waals surface area (Å²) >= 11 is 0. The molecule has 4 heteroatoms. The van der Waals surface area contributed by atoms with Crippen LogP contribution in [0.2, 0.25) is 6.82 Å². The number of aromatic nitrogens is 1. The maximum atomic E-state index is 15.0. The maximum Gasteiger partial charge on any atom is 0.696 e. The van der Waals surface area contributed by atoms with Crippen molar-refractivity contribution in [2.75, 3.05) is 0 Å². The molecule has 1 aromatic heterocycles. The number of halogens is 1. The van der Waals surface area contributed by atoms with Crippen LogP contribution in [-0.2, 0) is 0 Å². The minimum absolute atomic E-state index is 0.913. The first-order valence-electron chi connectivity index (χ1n) is 10.3. The Bertz CT molecular complexity index is 1330. The lowest BCUT2D eigenvalue weighted by Crippen LogP contribution is -2.24. The molecular formula is C26H23BFN2+. The molecule has 0 unspecified atom stereocenters. The van der Waals surface area contributed by atoms with Crippen LogP contribution in [0.25, 0.3) is 22.0 Å². The van der Waals surface area contributed by atoms with Crippen molar-refractivity contribution in [3.63, 3.8) is 0 Å². The van der Waals surface area contributed by atoms with Crippen LogP contribution in [0, 0.1) is 6.92 Å². The van der Waals surface area contributed by atoms with Crippen LogP contribution in [0.1, 0.15) is 35.0 Å². The van der Waals surface area contributed by atoms with Crippen LogP contribution in [0.3, 0.4) is 0 Å². The highest BCUT2D eigenvalue weighted by atomic mass is 19.1. The third kappa shape index (κ3) is 2.75. The molecule has 1 aliphatic heterocycles. The molecule has 0 fully saturated rings. The van der Waals surface area contributed by atoms with E-state index in [0.29, 0.717) is 0 Å². The van der Waals surface area contributed by atoms with Crippen LogP contribution in [0.5, 0.6) is 0 Å². The molecule has 0 radical (unpaired) electrons. The summed E-state index contributed by atoms with van der Waals surface area (Å²) in [4.78, 5) is 3.62. The summed E-state index contributed by atoms with van der Waals surface area (Å²) in [5.41, 5.74) is 8.23. The number of H-pyrrole nitrogens is 1. The maximum absolute atomic E-state index is 15.0. The number of hydrogen-bond acceptors (Lipinski definition) is 0. The van der Waals surface area contributed by atoms with Gasteiger partial charge in [-0.25, -0.2) is 8.80 Å². The van der Waals surface area contributed by atoms with Gasteiger partial charge in [0.1, 0.15) is 0 Å². The Morgan fingerprint density at radius 3 is 2.10 bits per heavy atom. The molecule has 5 rings (SSSR count). The highest BCUT2D eigenvalue weighted by Crippen LogP contribution is 2.41. The van der Waals surface area contributed by atoms with Gasteiger partial charge in [-0.15, -0.1) is 0 Å². The number of hydrogen-bond donors (Lipinski definition) is 1. The molecule has 146 valence electrons. The van der Waals surface area contributed by atoms with E-state index >= 15 is 4.32 Å². The first-order valence-corrected chi connectivity index (χ1v) is 10.3. The van der Waals surface area contributed by atoms with Crippen molar-refractivity contribution in [3.05, 3.63) is 107 Å². The van der Waals surface area contributed by atoms with Crippen molar-refractivity contribution in [1.82, 2.24) is 4.98 Å². The van der Waals surface area contributed by atoms with Gasteiger partial charge in [0.15, 0.2) is 5.71 Å². The van der Waals surface area contributed by atoms with Crippen LogP contribution in [-0.4, -0.2) is 22.3 Å². The van der Waals surface area contributed by atoms with Crippen LogP contribution in [0.15, 0.2) is 78.9 Å². The van der Waals surface area contributed by atoms with Crippen molar-refractivity contribution >= 4 is 34.9 Å². The van der Waals surface area contributed by atoms with Crippen molar-refractivity contribution in [2.45, 2.75) is 20.7 Å². The van der Waals surface area contributed by atoms with Crippen molar-refractivity contribution in [1.29, 1.82) is 0 Å². The SMILES string of the molecule is CB(F)[N+]1=C(C)c2ccccc2/C1=C(\c1ccccc1)c1[nH]c(C)c2ccccc12. The van der Waals surface area contributed by atoms with Crippen LogP contribution in [0.4, 0.5) is 4.32 Å². The predicted octanol–water partition coefficient (Wildman–Crippen LogP) is 6.32. The second-order valence-electron chi connectivity index (χ2n) is 7.84. The van der Waals surface area contributed by atoms with Crippen LogP contribution >= 0.6 is 0 Å². The minimum Gasteiger partial charge on any atom is -0.357 e. The Hall–Kier alpha value is -3.40. The summed E-state index contributed by atoms with van der Waals surface area (Å²) in [6, 6.07) is 26.9. The van der Waals surface area contributed by atoms with E-state index in [1.165, 1.54) is 5.39 Å². The van der Waals surface area contributed by atoms with E-state index in [-0.39, 0.29) is 0 Å². The van der Waals surface area contributed by atoms with Gasteiger partial charge < -0.3 is 4.98 Å². The second-order valence-corrected chi connectivity index (χ2v) is 7.84. The first kappa shape index (κ1) is 18.6. The second kappa shape index (κ2) is 7.14. The van der Waals surface area contributed by atoms with E-state index in [1.54, 1.807) is 6.82 Å². The zero-order valence-electron chi connectivity index (χ0n) is 17.4. The quantitative estimate of drug-likeness (QED) is 0.393. The van der Waals surface area contributed by atoms with Gasteiger partial charge in [0.2, 0.25) is 5.70 Å². The highest BCUT2D eigenvalue weighted by Gasteiger charge is 2.42. The fraction of sp³-hybridized carbons (Fsp3) is 0.115. The van der Waals surface area contributed by atoms with Gasteiger partial charge in [-0.05, 0) is 24.6 Å². The molecule has 0 spiro atoms. The summed E-state index contributed by atoms with van der Waals surface area (Å²) in [6.45, 7) is 5.70. The number of aromatic amines is 1. The molecule has 0 saturated heterocycles. The Morgan fingerprint density at radius 1 is 0.800 bits per heavy atom. The van der Waals surface area contributed by atoms with E-state index in [2.05, 4.69) is 60.4 Å². The molecule has 30 heavy (non-hydrogen) atoms. The summed E-state index contributed by atoms with van der Waals surface area (Å²) in [7, 11) is -1.14. The smallest absolute Gasteiger partial charge is 0.357 e. The summed E-state index contributed by atoms with van der Waals surface area (Å²) in [6.07, 6.45) is 0. The summed E-state index contributed by atoms with van der Waals surface area (Å²) in [5.74, 6) is 0. The Balaban J connectivity index is 1.96. The average Bonchev–Trinajstić information content (AvgIpc) is 3.25. The average molecular weight is 393 g/mol. The van der Waals surface area contributed by atoms with Gasteiger partial charge >= 0.3 is 7.12 Å². The van der Waals surface area contributed by atoms with Gasteiger partial charge in [-0.2, -0.15) is 0 Å². The molecule has 1 N–H and O–H groups in total. The minimum atomic E-state index is -1.14. The van der Waals surface area contributed by atoms with E-state index in [1.807, 2.05) is 41.7 Å². The number of nitrogens with one attached hydrogen (secondary N) is 1. The van der Waals surface area contributed by atoms with Crippen molar-refractivity contribution in [2.24, 2.45) is 0 Å². The Kier molecular flexibility index (Phi) is 4.43. The van der Waals surface area contributed by atoms with Crippen molar-refractivity contribution in [3.8, 4) is 0 Å². The largest absolute Gasteiger partial charge is 0.696 e. The zero-order chi connectivity index (χ0) is 20.8. The summed E-state index contributed by atoms with van der Waals surface area (Å²) < 4.78 is 16.9. The Morgan fingerprint density at radius 2 is 1.40 bits per heavy atom. The monoisotopic (exact) mass is 393 g/mol. The fourth-order valence-corrected chi connectivity index (χ4v) is 4.68. The number of rotatable bonds is 3. The van der Waals surface area contributed by atoms with Gasteiger partial charge in [0, 0.05) is 30.2 Å². The van der Waals surface area contributed by atoms with E-state index in [0.717, 1.165) is 50.4 Å². The molecule has 0 saturated carbocycles. The standard InChI is InChI=1S/C26H22BFN2/c1-17-20-13-7-9-15-22(20)25(29-17)24(19-11-5-4-6-12-19)26-23-16-10-8-14-21(23)18(2)30(26)27(3)28/h4-16H,1-3H3/p+1. The molecule has 0 bridgehead atoms. The lowest BCUT2D eigenvalue weighted by atomic mass is 9.87. The fourth-order valence-electron chi connectivity index (χ4n) is 4.68.